The Kier molecular flexibility index (Phi) is 3.05. The first-order valence-corrected chi connectivity index (χ1v) is 5.23. The Morgan fingerprint density at radius 2 is 2.35 bits per heavy atom. The van der Waals surface area contributed by atoms with Crippen LogP contribution in [-0.4, -0.2) is 29.5 Å². The average Bonchev–Trinajstić information content (AvgIpc) is 2.85. The van der Waals surface area contributed by atoms with Crippen LogP contribution in [0.5, 0.6) is 0 Å². The number of hydrogen-bond donors (Lipinski definition) is 0. The SMILES string of the molecule is CCn1ncnc1Cn1cc(Cl)c([N+](=O)[O-])n1. The van der Waals surface area contributed by atoms with E-state index in [4.69, 9.17) is 11.6 Å². The minimum atomic E-state index is -0.622. The molecular formula is C8H9ClN6O2. The van der Waals surface area contributed by atoms with Gasteiger partial charge in [0, 0.05) is 6.54 Å². The van der Waals surface area contributed by atoms with Crippen molar-refractivity contribution in [3.8, 4) is 0 Å². The highest BCUT2D eigenvalue weighted by Crippen LogP contribution is 2.21. The minimum absolute atomic E-state index is 0.0116. The Balaban J connectivity index is 2.25. The maximum Gasteiger partial charge on any atom is 0.408 e. The van der Waals surface area contributed by atoms with E-state index >= 15 is 0 Å². The first-order chi connectivity index (χ1) is 8.11. The third-order valence-corrected chi connectivity index (χ3v) is 2.44. The van der Waals surface area contributed by atoms with Gasteiger partial charge in [-0.1, -0.05) is 11.6 Å². The van der Waals surface area contributed by atoms with E-state index in [0.29, 0.717) is 18.9 Å². The molecule has 90 valence electrons. The summed E-state index contributed by atoms with van der Waals surface area (Å²) in [6, 6.07) is 0. The summed E-state index contributed by atoms with van der Waals surface area (Å²) in [6.45, 7) is 2.89. The van der Waals surface area contributed by atoms with Crippen LogP contribution in [0.2, 0.25) is 5.02 Å². The Morgan fingerprint density at radius 3 is 2.94 bits per heavy atom. The van der Waals surface area contributed by atoms with Crippen LogP contribution in [0.15, 0.2) is 12.5 Å². The first-order valence-electron chi connectivity index (χ1n) is 4.85. The molecule has 0 aliphatic rings. The van der Waals surface area contributed by atoms with E-state index in [-0.39, 0.29) is 10.8 Å². The van der Waals surface area contributed by atoms with Gasteiger partial charge in [0.05, 0.1) is 11.3 Å². The lowest BCUT2D eigenvalue weighted by molar-refractivity contribution is -0.389. The lowest BCUT2D eigenvalue weighted by Gasteiger charge is -1.99. The van der Waals surface area contributed by atoms with Gasteiger partial charge < -0.3 is 10.1 Å². The zero-order valence-electron chi connectivity index (χ0n) is 8.95. The minimum Gasteiger partial charge on any atom is -0.358 e. The van der Waals surface area contributed by atoms with Crippen LogP contribution in [-0.2, 0) is 13.1 Å². The fourth-order valence-electron chi connectivity index (χ4n) is 1.41. The fraction of sp³-hybridized carbons (Fsp3) is 0.375. The average molecular weight is 257 g/mol. The molecule has 17 heavy (non-hydrogen) atoms. The predicted molar refractivity (Wildman–Crippen MR) is 58.7 cm³/mol. The van der Waals surface area contributed by atoms with Gasteiger partial charge in [0.1, 0.15) is 12.9 Å². The Labute approximate surface area is 101 Å². The molecule has 0 fully saturated rings. The standard InChI is InChI=1S/C8H9ClN6O2/c1-2-14-7(10-5-11-14)4-13-3-6(9)8(12-13)15(16)17/h3,5H,2,4H2,1H3. The maximum atomic E-state index is 10.6. The summed E-state index contributed by atoms with van der Waals surface area (Å²) in [4.78, 5) is 14.0. The Hall–Kier alpha value is -1.96. The Bertz CT molecular complexity index is 548. The second-order valence-corrected chi connectivity index (χ2v) is 3.65. The van der Waals surface area contributed by atoms with E-state index in [0.717, 1.165) is 0 Å². The monoisotopic (exact) mass is 256 g/mol. The van der Waals surface area contributed by atoms with Gasteiger partial charge in [-0.25, -0.2) is 9.67 Å². The molecule has 8 nitrogen and oxygen atoms in total. The molecule has 2 rings (SSSR count). The molecule has 0 saturated carbocycles. The van der Waals surface area contributed by atoms with E-state index in [1.165, 1.54) is 17.2 Å². The number of aryl methyl sites for hydroxylation is 1. The molecule has 0 bridgehead atoms. The molecule has 0 aliphatic carbocycles. The van der Waals surface area contributed by atoms with E-state index in [2.05, 4.69) is 15.2 Å². The molecular weight excluding hydrogens is 248 g/mol. The van der Waals surface area contributed by atoms with E-state index < -0.39 is 4.92 Å². The highest BCUT2D eigenvalue weighted by atomic mass is 35.5. The molecule has 0 radical (unpaired) electrons. The van der Waals surface area contributed by atoms with E-state index in [1.54, 1.807) is 4.68 Å². The largest absolute Gasteiger partial charge is 0.408 e. The lowest BCUT2D eigenvalue weighted by atomic mass is 10.5. The smallest absolute Gasteiger partial charge is 0.358 e. The number of rotatable bonds is 4. The lowest BCUT2D eigenvalue weighted by Crippen LogP contribution is -2.09. The molecule has 0 unspecified atom stereocenters. The van der Waals surface area contributed by atoms with Gasteiger partial charge in [-0.15, -0.1) is 0 Å². The second kappa shape index (κ2) is 4.50. The number of nitrogens with zero attached hydrogens (tertiary/aromatic N) is 6. The topological polar surface area (TPSA) is 91.7 Å². The summed E-state index contributed by atoms with van der Waals surface area (Å²) in [6.07, 6.45) is 2.83. The van der Waals surface area contributed by atoms with Crippen LogP contribution in [0.25, 0.3) is 0 Å². The summed E-state index contributed by atoms with van der Waals surface area (Å²) >= 11 is 5.69. The van der Waals surface area contributed by atoms with Crippen molar-refractivity contribution in [3.63, 3.8) is 0 Å². The van der Waals surface area contributed by atoms with Gasteiger partial charge in [-0.05, 0) is 11.8 Å². The summed E-state index contributed by atoms with van der Waals surface area (Å²) < 4.78 is 3.05. The zero-order valence-corrected chi connectivity index (χ0v) is 9.70. The van der Waals surface area contributed by atoms with Crippen molar-refractivity contribution in [1.82, 2.24) is 24.5 Å². The maximum absolute atomic E-state index is 10.6. The quantitative estimate of drug-likeness (QED) is 0.603. The van der Waals surface area contributed by atoms with Crippen LogP contribution in [0.3, 0.4) is 0 Å². The van der Waals surface area contributed by atoms with Crippen molar-refractivity contribution in [1.29, 1.82) is 0 Å². The van der Waals surface area contributed by atoms with Gasteiger partial charge in [-0.2, -0.15) is 9.78 Å². The molecule has 2 aromatic rings. The van der Waals surface area contributed by atoms with Gasteiger partial charge >= 0.3 is 5.82 Å². The van der Waals surface area contributed by atoms with E-state index in [1.807, 2.05) is 6.92 Å². The molecule has 0 amide bonds. The second-order valence-electron chi connectivity index (χ2n) is 3.25. The third kappa shape index (κ3) is 2.26. The molecule has 0 aliphatic heterocycles. The van der Waals surface area contributed by atoms with Crippen LogP contribution < -0.4 is 0 Å². The van der Waals surface area contributed by atoms with Gasteiger partial charge in [-0.3, -0.25) is 0 Å². The first kappa shape index (κ1) is 11.5. The highest BCUT2D eigenvalue weighted by Gasteiger charge is 2.19. The molecule has 9 heteroatoms. The third-order valence-electron chi connectivity index (χ3n) is 2.17. The molecule has 0 aromatic carbocycles. The number of nitro groups is 1. The van der Waals surface area contributed by atoms with Crippen molar-refractivity contribution in [3.05, 3.63) is 33.5 Å². The molecule has 2 aromatic heterocycles. The van der Waals surface area contributed by atoms with Gasteiger partial charge in [0.15, 0.2) is 10.8 Å². The van der Waals surface area contributed by atoms with Crippen LogP contribution in [0.4, 0.5) is 5.82 Å². The molecule has 0 spiro atoms. The van der Waals surface area contributed by atoms with Crippen LogP contribution in [0, 0.1) is 10.1 Å². The van der Waals surface area contributed by atoms with Crippen LogP contribution in [0.1, 0.15) is 12.7 Å². The van der Waals surface area contributed by atoms with Gasteiger partial charge in [0.2, 0.25) is 0 Å². The summed E-state index contributed by atoms with van der Waals surface area (Å²) in [5.74, 6) is 0.316. The predicted octanol–water partition coefficient (Wildman–Crippen LogP) is 1.10. The fourth-order valence-corrected chi connectivity index (χ4v) is 1.63. The molecule has 0 N–H and O–H groups in total. The molecule has 2 heterocycles. The summed E-state index contributed by atoms with van der Waals surface area (Å²) in [7, 11) is 0. The van der Waals surface area contributed by atoms with Crippen molar-refractivity contribution < 1.29 is 4.92 Å². The summed E-state index contributed by atoms with van der Waals surface area (Å²) in [5.41, 5.74) is 0. The van der Waals surface area contributed by atoms with Crippen LogP contribution >= 0.6 is 11.6 Å². The van der Waals surface area contributed by atoms with Gasteiger partial charge in [0.25, 0.3) is 0 Å². The number of hydrogen-bond acceptors (Lipinski definition) is 5. The van der Waals surface area contributed by atoms with Crippen molar-refractivity contribution >= 4 is 17.4 Å². The zero-order chi connectivity index (χ0) is 12.4. The molecule has 0 atom stereocenters. The van der Waals surface area contributed by atoms with Crippen molar-refractivity contribution in [2.75, 3.05) is 0 Å². The summed E-state index contributed by atoms with van der Waals surface area (Å²) in [5, 5.41) is 18.3. The number of halogens is 1. The Morgan fingerprint density at radius 1 is 1.59 bits per heavy atom. The van der Waals surface area contributed by atoms with Crippen molar-refractivity contribution in [2.45, 2.75) is 20.0 Å². The number of aromatic nitrogens is 5. The highest BCUT2D eigenvalue weighted by molar-refractivity contribution is 6.32. The van der Waals surface area contributed by atoms with Crippen molar-refractivity contribution in [2.24, 2.45) is 0 Å². The molecule has 0 saturated heterocycles. The normalized spacial score (nSPS) is 10.7. The van der Waals surface area contributed by atoms with E-state index in [9.17, 15) is 10.1 Å².